The third kappa shape index (κ3) is 2.59. The number of hydrogen-bond donors (Lipinski definition) is 0. The Morgan fingerprint density at radius 1 is 1.31 bits per heavy atom. The molecule has 0 unspecified atom stereocenters. The summed E-state index contributed by atoms with van der Waals surface area (Å²) in [7, 11) is -3.81. The van der Waals surface area contributed by atoms with Gasteiger partial charge in [0, 0.05) is 0 Å². The van der Waals surface area contributed by atoms with Gasteiger partial charge in [0.15, 0.2) is 0 Å². The fourth-order valence-corrected chi connectivity index (χ4v) is 2.21. The minimum atomic E-state index is -3.81. The number of benzene rings is 1. The Kier molecular flexibility index (Phi) is 2.75. The van der Waals surface area contributed by atoms with Crippen molar-refractivity contribution < 1.29 is 17.0 Å². The second kappa shape index (κ2) is 3.82. The Hall–Kier alpha value is -0.940. The van der Waals surface area contributed by atoms with Crippen molar-refractivity contribution in [1.29, 1.82) is 0 Å². The van der Waals surface area contributed by atoms with Gasteiger partial charge in [0.2, 0.25) is 0 Å². The number of halogens is 1. The summed E-state index contributed by atoms with van der Waals surface area (Å²) in [5.41, 5.74) is -0.458. The molecular formula is C11H13FO3S. The van der Waals surface area contributed by atoms with Crippen molar-refractivity contribution in [2.75, 3.05) is 6.61 Å². The van der Waals surface area contributed by atoms with Crippen LogP contribution in [0, 0.1) is 6.92 Å². The van der Waals surface area contributed by atoms with E-state index in [1.807, 2.05) is 6.92 Å². The summed E-state index contributed by atoms with van der Waals surface area (Å²) in [5.74, 6) is 0. The summed E-state index contributed by atoms with van der Waals surface area (Å²) in [5, 5.41) is 0. The van der Waals surface area contributed by atoms with Gasteiger partial charge >= 0.3 is 0 Å². The van der Waals surface area contributed by atoms with Crippen molar-refractivity contribution in [3.8, 4) is 0 Å². The second-order valence-electron chi connectivity index (χ2n) is 4.18. The lowest BCUT2D eigenvalue weighted by atomic mass is 10.2. The van der Waals surface area contributed by atoms with Crippen molar-refractivity contribution >= 4 is 10.1 Å². The van der Waals surface area contributed by atoms with E-state index in [4.69, 9.17) is 0 Å². The predicted octanol–water partition coefficient (Wildman–Crippen LogP) is 2.20. The van der Waals surface area contributed by atoms with E-state index >= 15 is 0 Å². The topological polar surface area (TPSA) is 43.4 Å². The normalized spacial score (nSPS) is 18.4. The van der Waals surface area contributed by atoms with Crippen molar-refractivity contribution in [2.24, 2.45) is 0 Å². The molecule has 1 aromatic carbocycles. The molecule has 1 aromatic rings. The SMILES string of the molecule is Cc1ccc(S(=O)(=O)OCC2(F)CC2)cc1. The Morgan fingerprint density at radius 3 is 2.38 bits per heavy atom. The number of alkyl halides is 1. The summed E-state index contributed by atoms with van der Waals surface area (Å²) >= 11 is 0. The van der Waals surface area contributed by atoms with E-state index in [-0.39, 0.29) is 11.5 Å². The van der Waals surface area contributed by atoms with Gasteiger partial charge in [0.1, 0.15) is 12.3 Å². The molecule has 1 aliphatic rings. The minimum Gasteiger partial charge on any atom is -0.263 e. The highest BCUT2D eigenvalue weighted by Crippen LogP contribution is 2.40. The van der Waals surface area contributed by atoms with Crippen LogP contribution in [0.2, 0.25) is 0 Å². The van der Waals surface area contributed by atoms with Gasteiger partial charge in [-0.2, -0.15) is 8.42 Å². The standard InChI is InChI=1S/C11H13FO3S/c1-9-2-4-10(5-3-9)16(13,14)15-8-11(12)6-7-11/h2-5H,6-8H2,1H3. The van der Waals surface area contributed by atoms with E-state index in [1.54, 1.807) is 12.1 Å². The Bertz CT molecular complexity index is 474. The Morgan fingerprint density at radius 2 is 1.88 bits per heavy atom. The number of rotatable bonds is 4. The van der Waals surface area contributed by atoms with Gasteiger partial charge in [-0.3, -0.25) is 4.18 Å². The Labute approximate surface area is 94.4 Å². The van der Waals surface area contributed by atoms with Crippen molar-refractivity contribution in [2.45, 2.75) is 30.3 Å². The van der Waals surface area contributed by atoms with Crippen molar-refractivity contribution in [1.82, 2.24) is 0 Å². The summed E-state index contributed by atoms with van der Waals surface area (Å²) in [6, 6.07) is 6.28. The minimum absolute atomic E-state index is 0.0716. The van der Waals surface area contributed by atoms with E-state index in [0.717, 1.165) is 5.56 Å². The van der Waals surface area contributed by atoms with Gasteiger partial charge < -0.3 is 0 Å². The van der Waals surface area contributed by atoms with E-state index in [0.29, 0.717) is 12.8 Å². The van der Waals surface area contributed by atoms with Gasteiger partial charge in [-0.25, -0.2) is 4.39 Å². The van der Waals surface area contributed by atoms with Gasteiger partial charge in [-0.15, -0.1) is 0 Å². The Balaban J connectivity index is 2.09. The first-order chi connectivity index (χ1) is 7.41. The number of aryl methyl sites for hydroxylation is 1. The van der Waals surface area contributed by atoms with Crippen LogP contribution in [0.15, 0.2) is 29.2 Å². The molecule has 1 aliphatic carbocycles. The fourth-order valence-electron chi connectivity index (χ4n) is 1.24. The van der Waals surface area contributed by atoms with Crippen LogP contribution in [0.3, 0.4) is 0 Å². The van der Waals surface area contributed by atoms with Gasteiger partial charge in [0.05, 0.1) is 4.90 Å². The summed E-state index contributed by atoms with van der Waals surface area (Å²) in [6.07, 6.45) is 0.771. The molecule has 0 bridgehead atoms. The summed E-state index contributed by atoms with van der Waals surface area (Å²) in [6.45, 7) is 1.49. The van der Waals surface area contributed by atoms with E-state index in [1.165, 1.54) is 12.1 Å². The third-order valence-corrected chi connectivity index (χ3v) is 3.85. The van der Waals surface area contributed by atoms with Crippen molar-refractivity contribution in [3.63, 3.8) is 0 Å². The monoisotopic (exact) mass is 244 g/mol. The maximum atomic E-state index is 13.2. The average Bonchev–Trinajstić information content (AvgIpc) is 2.96. The predicted molar refractivity (Wildman–Crippen MR) is 57.4 cm³/mol. The van der Waals surface area contributed by atoms with Gasteiger partial charge in [0.25, 0.3) is 10.1 Å². The van der Waals surface area contributed by atoms with Crippen LogP contribution in [0.25, 0.3) is 0 Å². The van der Waals surface area contributed by atoms with Crippen LogP contribution in [-0.4, -0.2) is 20.7 Å². The maximum Gasteiger partial charge on any atom is 0.297 e. The first-order valence-electron chi connectivity index (χ1n) is 5.06. The van der Waals surface area contributed by atoms with Crippen LogP contribution in [-0.2, 0) is 14.3 Å². The average molecular weight is 244 g/mol. The summed E-state index contributed by atoms with van der Waals surface area (Å²) in [4.78, 5) is 0.0716. The molecule has 3 nitrogen and oxygen atoms in total. The van der Waals surface area contributed by atoms with Gasteiger partial charge in [-0.05, 0) is 31.9 Å². The molecule has 0 N–H and O–H groups in total. The largest absolute Gasteiger partial charge is 0.297 e. The molecule has 0 spiro atoms. The second-order valence-corrected chi connectivity index (χ2v) is 5.80. The molecule has 0 radical (unpaired) electrons. The van der Waals surface area contributed by atoms with Gasteiger partial charge in [-0.1, -0.05) is 17.7 Å². The molecule has 0 saturated heterocycles. The van der Waals surface area contributed by atoms with Crippen molar-refractivity contribution in [3.05, 3.63) is 29.8 Å². The summed E-state index contributed by atoms with van der Waals surface area (Å²) < 4.78 is 41.2. The van der Waals surface area contributed by atoms with E-state index in [9.17, 15) is 12.8 Å². The van der Waals surface area contributed by atoms with E-state index < -0.39 is 15.8 Å². The first-order valence-corrected chi connectivity index (χ1v) is 6.47. The lowest BCUT2D eigenvalue weighted by Gasteiger charge is -2.07. The molecule has 16 heavy (non-hydrogen) atoms. The molecule has 88 valence electrons. The maximum absolute atomic E-state index is 13.2. The molecule has 0 amide bonds. The van der Waals surface area contributed by atoms with Crippen LogP contribution in [0.1, 0.15) is 18.4 Å². The molecule has 0 atom stereocenters. The van der Waals surface area contributed by atoms with Crippen LogP contribution in [0.5, 0.6) is 0 Å². The highest BCUT2D eigenvalue weighted by Gasteiger charge is 2.44. The van der Waals surface area contributed by atoms with Crippen LogP contribution < -0.4 is 0 Å². The quantitative estimate of drug-likeness (QED) is 0.763. The lowest BCUT2D eigenvalue weighted by Crippen LogP contribution is -2.16. The molecule has 2 rings (SSSR count). The molecule has 0 heterocycles. The zero-order valence-electron chi connectivity index (χ0n) is 8.94. The highest BCUT2D eigenvalue weighted by atomic mass is 32.2. The highest BCUT2D eigenvalue weighted by molar-refractivity contribution is 7.86. The zero-order chi connectivity index (χ0) is 11.8. The molecule has 1 saturated carbocycles. The first kappa shape index (κ1) is 11.5. The third-order valence-electron chi connectivity index (χ3n) is 2.57. The molecule has 5 heteroatoms. The molecule has 0 aliphatic heterocycles. The molecule has 0 aromatic heterocycles. The lowest BCUT2D eigenvalue weighted by molar-refractivity contribution is 0.182. The number of hydrogen-bond acceptors (Lipinski definition) is 3. The van der Waals surface area contributed by atoms with E-state index in [2.05, 4.69) is 4.18 Å². The zero-order valence-corrected chi connectivity index (χ0v) is 9.76. The molecular weight excluding hydrogens is 231 g/mol. The van der Waals surface area contributed by atoms with Crippen LogP contribution in [0.4, 0.5) is 4.39 Å². The smallest absolute Gasteiger partial charge is 0.263 e. The van der Waals surface area contributed by atoms with Crippen LogP contribution >= 0.6 is 0 Å². The fraction of sp³-hybridized carbons (Fsp3) is 0.455. The molecule has 1 fully saturated rings.